The largest absolute Gasteiger partial charge is 0.324 e. The molecule has 2 N–H and O–H groups in total. The highest BCUT2D eigenvalue weighted by Gasteiger charge is 2.25. The fraction of sp³-hybridized carbons (Fsp3) is 0.556. The van der Waals surface area contributed by atoms with Crippen molar-refractivity contribution in [1.29, 1.82) is 0 Å². The summed E-state index contributed by atoms with van der Waals surface area (Å²) in [5, 5.41) is 2.00. The molecule has 1 nitrogen and oxygen atoms in total. The molecule has 0 amide bonds. The minimum atomic E-state index is 0.163. The summed E-state index contributed by atoms with van der Waals surface area (Å²) in [6, 6.07) is 2.20. The minimum Gasteiger partial charge on any atom is -0.324 e. The molecule has 1 aromatic rings. The third-order valence-electron chi connectivity index (χ3n) is 2.33. The first kappa shape index (κ1) is 8.54. The van der Waals surface area contributed by atoms with Gasteiger partial charge in [-0.2, -0.15) is 0 Å². The molecular weight excluding hydrogens is 190 g/mol. The van der Waals surface area contributed by atoms with Crippen molar-refractivity contribution < 1.29 is 0 Å². The van der Waals surface area contributed by atoms with Gasteiger partial charge in [0.25, 0.3) is 0 Å². The first-order valence-electron chi connectivity index (χ1n) is 4.26. The van der Waals surface area contributed by atoms with Crippen LogP contribution in [0.2, 0.25) is 4.34 Å². The predicted octanol–water partition coefficient (Wildman–Crippen LogP) is 3.20. The lowest BCUT2D eigenvalue weighted by Gasteiger charge is -2.08. The van der Waals surface area contributed by atoms with Crippen LogP contribution < -0.4 is 5.73 Å². The Morgan fingerprint density at radius 1 is 1.67 bits per heavy atom. The third-order valence-corrected chi connectivity index (χ3v) is 3.53. The first-order chi connectivity index (χ1) is 5.77. The molecule has 0 radical (unpaired) electrons. The van der Waals surface area contributed by atoms with Crippen molar-refractivity contribution in [3.8, 4) is 0 Å². The summed E-state index contributed by atoms with van der Waals surface area (Å²) < 4.78 is 0.864. The van der Waals surface area contributed by atoms with Crippen LogP contribution in [-0.4, -0.2) is 0 Å². The molecule has 1 atom stereocenters. The first-order valence-corrected chi connectivity index (χ1v) is 5.51. The number of hydrogen-bond donors (Lipinski definition) is 1. The lowest BCUT2D eigenvalue weighted by Crippen LogP contribution is -2.10. The van der Waals surface area contributed by atoms with Crippen LogP contribution in [0.3, 0.4) is 0 Å². The van der Waals surface area contributed by atoms with E-state index in [0.29, 0.717) is 0 Å². The Morgan fingerprint density at radius 2 is 2.42 bits per heavy atom. The molecule has 1 fully saturated rings. The smallest absolute Gasteiger partial charge is 0.0976 e. The fourth-order valence-corrected chi connectivity index (χ4v) is 2.46. The van der Waals surface area contributed by atoms with Crippen molar-refractivity contribution in [2.75, 3.05) is 0 Å². The van der Waals surface area contributed by atoms with Gasteiger partial charge in [-0.05, 0) is 29.3 Å². The fourth-order valence-electron chi connectivity index (χ4n) is 1.41. The molecule has 0 aromatic carbocycles. The maximum atomic E-state index is 6.00. The van der Waals surface area contributed by atoms with Crippen molar-refractivity contribution in [3.63, 3.8) is 0 Å². The van der Waals surface area contributed by atoms with E-state index in [0.717, 1.165) is 22.2 Å². The van der Waals surface area contributed by atoms with Crippen LogP contribution in [0.25, 0.3) is 0 Å². The predicted molar refractivity (Wildman–Crippen MR) is 53.6 cm³/mol. The highest BCUT2D eigenvalue weighted by atomic mass is 35.5. The number of nitrogens with two attached hydrogens (primary N) is 1. The molecular formula is C9H12ClNS. The second-order valence-electron chi connectivity index (χ2n) is 3.44. The molecule has 1 saturated carbocycles. The number of rotatable bonds is 3. The standard InChI is InChI=1S/C9H12ClNS/c10-9-7(3-4-12-9)8(11)5-6-1-2-6/h3-4,6,8H,1-2,5,11H2. The van der Waals surface area contributed by atoms with Crippen molar-refractivity contribution in [3.05, 3.63) is 21.3 Å². The van der Waals surface area contributed by atoms with Gasteiger partial charge in [-0.3, -0.25) is 0 Å². The second-order valence-corrected chi connectivity index (χ2v) is 4.95. The van der Waals surface area contributed by atoms with E-state index in [1.807, 2.05) is 11.4 Å². The molecule has 0 aliphatic heterocycles. The average Bonchev–Trinajstić information content (AvgIpc) is 2.72. The van der Waals surface area contributed by atoms with Gasteiger partial charge >= 0.3 is 0 Å². The summed E-state index contributed by atoms with van der Waals surface area (Å²) in [5.41, 5.74) is 7.14. The summed E-state index contributed by atoms with van der Waals surface area (Å²) in [6.07, 6.45) is 3.82. The summed E-state index contributed by atoms with van der Waals surface area (Å²) in [7, 11) is 0. The molecule has 0 saturated heterocycles. The van der Waals surface area contributed by atoms with Crippen LogP contribution >= 0.6 is 22.9 Å². The van der Waals surface area contributed by atoms with E-state index in [2.05, 4.69) is 0 Å². The zero-order chi connectivity index (χ0) is 8.55. The molecule has 3 heteroatoms. The zero-order valence-electron chi connectivity index (χ0n) is 6.79. The maximum absolute atomic E-state index is 6.00. The quantitative estimate of drug-likeness (QED) is 0.799. The van der Waals surface area contributed by atoms with Gasteiger partial charge in [0.2, 0.25) is 0 Å². The van der Waals surface area contributed by atoms with E-state index in [-0.39, 0.29) is 6.04 Å². The molecule has 1 aromatic heterocycles. The van der Waals surface area contributed by atoms with Gasteiger partial charge in [0, 0.05) is 6.04 Å². The van der Waals surface area contributed by atoms with Gasteiger partial charge in [-0.25, -0.2) is 0 Å². The maximum Gasteiger partial charge on any atom is 0.0976 e. The summed E-state index contributed by atoms with van der Waals surface area (Å²) in [4.78, 5) is 0. The molecule has 1 aliphatic rings. The summed E-state index contributed by atoms with van der Waals surface area (Å²) >= 11 is 7.54. The van der Waals surface area contributed by atoms with Crippen LogP contribution in [0.4, 0.5) is 0 Å². The second kappa shape index (κ2) is 3.36. The van der Waals surface area contributed by atoms with Gasteiger partial charge in [0.1, 0.15) is 0 Å². The van der Waals surface area contributed by atoms with Crippen LogP contribution in [0.15, 0.2) is 11.4 Å². The van der Waals surface area contributed by atoms with Gasteiger partial charge < -0.3 is 5.73 Å². The molecule has 1 unspecified atom stereocenters. The zero-order valence-corrected chi connectivity index (χ0v) is 8.37. The third kappa shape index (κ3) is 1.82. The normalized spacial score (nSPS) is 19.5. The Hall–Kier alpha value is -0.0500. The molecule has 66 valence electrons. The Morgan fingerprint density at radius 3 is 2.92 bits per heavy atom. The van der Waals surface area contributed by atoms with Gasteiger partial charge in [-0.15, -0.1) is 11.3 Å². The highest BCUT2D eigenvalue weighted by molar-refractivity contribution is 7.14. The number of halogens is 1. The lowest BCUT2D eigenvalue weighted by atomic mass is 10.1. The molecule has 12 heavy (non-hydrogen) atoms. The van der Waals surface area contributed by atoms with Crippen LogP contribution in [-0.2, 0) is 0 Å². The average molecular weight is 202 g/mol. The SMILES string of the molecule is NC(CC1CC1)c1ccsc1Cl. The Kier molecular flexibility index (Phi) is 2.40. The molecule has 1 heterocycles. The monoisotopic (exact) mass is 201 g/mol. The van der Waals surface area contributed by atoms with Crippen LogP contribution in [0, 0.1) is 5.92 Å². The van der Waals surface area contributed by atoms with Gasteiger partial charge in [-0.1, -0.05) is 24.4 Å². The molecule has 0 spiro atoms. The van der Waals surface area contributed by atoms with Crippen LogP contribution in [0.5, 0.6) is 0 Å². The number of hydrogen-bond acceptors (Lipinski definition) is 2. The van der Waals surface area contributed by atoms with Crippen molar-refractivity contribution >= 4 is 22.9 Å². The van der Waals surface area contributed by atoms with Crippen molar-refractivity contribution in [2.24, 2.45) is 11.7 Å². The Balaban J connectivity index is 2.02. The van der Waals surface area contributed by atoms with E-state index in [9.17, 15) is 0 Å². The molecule has 2 rings (SSSR count). The molecule has 0 bridgehead atoms. The van der Waals surface area contributed by atoms with E-state index in [1.165, 1.54) is 12.8 Å². The van der Waals surface area contributed by atoms with E-state index in [4.69, 9.17) is 17.3 Å². The lowest BCUT2D eigenvalue weighted by molar-refractivity contribution is 0.599. The minimum absolute atomic E-state index is 0.163. The summed E-state index contributed by atoms with van der Waals surface area (Å²) in [5.74, 6) is 0.871. The Bertz CT molecular complexity index is 267. The Labute approximate surface area is 81.5 Å². The van der Waals surface area contributed by atoms with Crippen molar-refractivity contribution in [1.82, 2.24) is 0 Å². The van der Waals surface area contributed by atoms with Gasteiger partial charge in [0.15, 0.2) is 0 Å². The number of thiophene rings is 1. The topological polar surface area (TPSA) is 26.0 Å². The van der Waals surface area contributed by atoms with E-state index in [1.54, 1.807) is 11.3 Å². The summed E-state index contributed by atoms with van der Waals surface area (Å²) in [6.45, 7) is 0. The van der Waals surface area contributed by atoms with Crippen LogP contribution in [0.1, 0.15) is 30.9 Å². The van der Waals surface area contributed by atoms with E-state index < -0.39 is 0 Å². The van der Waals surface area contributed by atoms with Crippen molar-refractivity contribution in [2.45, 2.75) is 25.3 Å². The van der Waals surface area contributed by atoms with Gasteiger partial charge in [0.05, 0.1) is 4.34 Å². The molecule has 1 aliphatic carbocycles. The highest BCUT2D eigenvalue weighted by Crippen LogP contribution is 2.39. The van der Waals surface area contributed by atoms with E-state index >= 15 is 0 Å².